The van der Waals surface area contributed by atoms with Crippen LogP contribution in [0.15, 0.2) is 0 Å². The molecule has 0 aliphatic heterocycles. The van der Waals surface area contributed by atoms with E-state index in [9.17, 15) is 9.90 Å². The minimum absolute atomic E-state index is 0.209. The number of hydroxylamine groups is 1. The Kier molecular flexibility index (Phi) is 1.99. The van der Waals surface area contributed by atoms with Gasteiger partial charge >= 0.3 is 0 Å². The average molecular weight is 213 g/mol. The Morgan fingerprint density at radius 1 is 1.33 bits per heavy atom. The fourth-order valence-corrected chi connectivity index (χ4v) is 3.74. The molecular weight excluding hydrogens is 194 g/mol. The summed E-state index contributed by atoms with van der Waals surface area (Å²) in [6.45, 7) is 6.08. The second-order valence-electron chi connectivity index (χ2n) is 5.79. The number of amides is 1. The van der Waals surface area contributed by atoms with Gasteiger partial charge < -0.3 is 5.11 Å². The maximum atomic E-state index is 11.8. The molecule has 3 N–H and O–H groups in total. The number of aliphatic hydroxyl groups is 1. The molecule has 4 heteroatoms. The first-order valence-electron chi connectivity index (χ1n) is 5.44. The highest BCUT2D eigenvalue weighted by Crippen LogP contribution is 2.72. The Labute approximate surface area is 89.6 Å². The molecule has 0 aromatic rings. The van der Waals surface area contributed by atoms with Gasteiger partial charge in [0.15, 0.2) is 0 Å². The summed E-state index contributed by atoms with van der Waals surface area (Å²) >= 11 is 0. The van der Waals surface area contributed by atoms with Gasteiger partial charge in [-0.05, 0) is 30.1 Å². The van der Waals surface area contributed by atoms with Crippen molar-refractivity contribution in [2.45, 2.75) is 46.1 Å². The fraction of sp³-hybridized carbons (Fsp3) is 0.909. The second kappa shape index (κ2) is 2.74. The van der Waals surface area contributed by atoms with Crippen LogP contribution in [0.5, 0.6) is 0 Å². The fourth-order valence-electron chi connectivity index (χ4n) is 3.74. The van der Waals surface area contributed by atoms with Crippen molar-refractivity contribution < 1.29 is 15.1 Å². The number of nitrogens with one attached hydrogen (secondary N) is 1. The Bertz CT molecular complexity index is 315. The van der Waals surface area contributed by atoms with Crippen LogP contribution in [0.2, 0.25) is 0 Å². The lowest BCUT2D eigenvalue weighted by Gasteiger charge is -2.39. The summed E-state index contributed by atoms with van der Waals surface area (Å²) in [7, 11) is 0. The Morgan fingerprint density at radius 2 is 1.93 bits per heavy atom. The van der Waals surface area contributed by atoms with Crippen molar-refractivity contribution >= 4 is 5.91 Å². The van der Waals surface area contributed by atoms with E-state index >= 15 is 0 Å². The van der Waals surface area contributed by atoms with E-state index in [2.05, 4.69) is 0 Å². The molecule has 2 aliphatic rings. The van der Waals surface area contributed by atoms with Crippen molar-refractivity contribution in [1.82, 2.24) is 5.48 Å². The van der Waals surface area contributed by atoms with Crippen molar-refractivity contribution in [2.75, 3.05) is 0 Å². The third-order valence-corrected chi connectivity index (χ3v) is 5.51. The van der Waals surface area contributed by atoms with Gasteiger partial charge in [0.1, 0.15) is 0 Å². The molecule has 0 radical (unpaired) electrons. The van der Waals surface area contributed by atoms with Crippen LogP contribution in [0.4, 0.5) is 0 Å². The number of hydrogen-bond acceptors (Lipinski definition) is 3. The van der Waals surface area contributed by atoms with Gasteiger partial charge in [0.05, 0.1) is 11.5 Å². The molecule has 0 aromatic heterocycles. The SMILES string of the molecule is CC1(C)[C@]2(C(=O)NO)CC[C@@]1(C)[C@@H](O)C2. The van der Waals surface area contributed by atoms with E-state index in [1.54, 1.807) is 5.48 Å². The Balaban J connectivity index is 2.49. The first kappa shape index (κ1) is 10.9. The molecule has 2 rings (SSSR count). The first-order chi connectivity index (χ1) is 6.82. The average Bonchev–Trinajstić information content (AvgIpc) is 2.47. The number of rotatable bonds is 1. The van der Waals surface area contributed by atoms with Crippen molar-refractivity contribution in [2.24, 2.45) is 16.2 Å². The molecule has 0 saturated heterocycles. The minimum Gasteiger partial charge on any atom is -0.393 e. The van der Waals surface area contributed by atoms with E-state index in [1.807, 2.05) is 20.8 Å². The van der Waals surface area contributed by atoms with Crippen molar-refractivity contribution in [3.8, 4) is 0 Å². The zero-order valence-electron chi connectivity index (χ0n) is 9.50. The van der Waals surface area contributed by atoms with Crippen molar-refractivity contribution in [3.05, 3.63) is 0 Å². The van der Waals surface area contributed by atoms with Gasteiger partial charge in [-0.15, -0.1) is 0 Å². The predicted molar refractivity (Wildman–Crippen MR) is 54.1 cm³/mol. The maximum Gasteiger partial charge on any atom is 0.250 e. The molecule has 0 unspecified atom stereocenters. The smallest absolute Gasteiger partial charge is 0.250 e. The highest BCUT2D eigenvalue weighted by molar-refractivity contribution is 5.84. The second-order valence-corrected chi connectivity index (χ2v) is 5.79. The Hall–Kier alpha value is -0.610. The molecule has 0 aromatic carbocycles. The molecule has 1 amide bonds. The van der Waals surface area contributed by atoms with Gasteiger partial charge in [0, 0.05) is 0 Å². The van der Waals surface area contributed by atoms with Gasteiger partial charge in [-0.2, -0.15) is 0 Å². The van der Waals surface area contributed by atoms with E-state index < -0.39 is 11.5 Å². The summed E-state index contributed by atoms with van der Waals surface area (Å²) in [5.74, 6) is -0.340. The highest BCUT2D eigenvalue weighted by atomic mass is 16.5. The summed E-state index contributed by atoms with van der Waals surface area (Å²) in [5, 5.41) is 18.9. The maximum absolute atomic E-state index is 11.8. The first-order valence-corrected chi connectivity index (χ1v) is 5.44. The van der Waals surface area contributed by atoms with Crippen LogP contribution in [-0.4, -0.2) is 22.3 Å². The summed E-state index contributed by atoms with van der Waals surface area (Å²) in [4.78, 5) is 11.8. The zero-order chi connectivity index (χ0) is 11.5. The third-order valence-electron chi connectivity index (χ3n) is 5.51. The highest BCUT2D eigenvalue weighted by Gasteiger charge is 2.72. The summed E-state index contributed by atoms with van der Waals surface area (Å²) in [6.07, 6.45) is 1.61. The number of fused-ring (bicyclic) bond motifs is 2. The van der Waals surface area contributed by atoms with E-state index in [0.29, 0.717) is 6.42 Å². The van der Waals surface area contributed by atoms with E-state index in [1.165, 1.54) is 0 Å². The number of carbonyl (C=O) groups is 1. The largest absolute Gasteiger partial charge is 0.393 e. The van der Waals surface area contributed by atoms with E-state index in [0.717, 1.165) is 12.8 Å². The minimum atomic E-state index is -0.601. The molecule has 15 heavy (non-hydrogen) atoms. The topological polar surface area (TPSA) is 69.6 Å². The van der Waals surface area contributed by atoms with Crippen LogP contribution >= 0.6 is 0 Å². The van der Waals surface area contributed by atoms with Crippen LogP contribution in [0.1, 0.15) is 40.0 Å². The lowest BCUT2D eigenvalue weighted by atomic mass is 9.64. The summed E-state index contributed by atoms with van der Waals surface area (Å²) in [6, 6.07) is 0. The van der Waals surface area contributed by atoms with Gasteiger partial charge in [-0.1, -0.05) is 20.8 Å². The number of carbonyl (C=O) groups excluding carboxylic acids is 1. The van der Waals surface area contributed by atoms with Crippen LogP contribution < -0.4 is 5.48 Å². The molecule has 86 valence electrons. The van der Waals surface area contributed by atoms with E-state index in [4.69, 9.17) is 5.21 Å². The molecule has 2 fully saturated rings. The molecule has 0 heterocycles. The van der Waals surface area contributed by atoms with Crippen LogP contribution in [-0.2, 0) is 4.79 Å². The van der Waals surface area contributed by atoms with Crippen LogP contribution in [0, 0.1) is 16.2 Å². The van der Waals surface area contributed by atoms with Gasteiger partial charge in [-0.25, -0.2) is 5.48 Å². The molecule has 2 aliphatic carbocycles. The van der Waals surface area contributed by atoms with E-state index in [-0.39, 0.29) is 16.7 Å². The van der Waals surface area contributed by atoms with Crippen LogP contribution in [0.3, 0.4) is 0 Å². The number of hydrogen-bond donors (Lipinski definition) is 3. The standard InChI is InChI=1S/C11H19NO3/c1-9(2)10(3)4-5-11(9,6-7(10)13)8(14)12-15/h7,13,15H,4-6H2,1-3H3,(H,12,14)/t7-,10-,11+/m0/s1. The van der Waals surface area contributed by atoms with Crippen molar-refractivity contribution in [1.29, 1.82) is 0 Å². The van der Waals surface area contributed by atoms with Crippen molar-refractivity contribution in [3.63, 3.8) is 0 Å². The molecule has 4 nitrogen and oxygen atoms in total. The predicted octanol–water partition coefficient (Wildman–Crippen LogP) is 1.07. The Morgan fingerprint density at radius 3 is 2.27 bits per heavy atom. The van der Waals surface area contributed by atoms with Gasteiger partial charge in [-0.3, -0.25) is 10.0 Å². The third kappa shape index (κ3) is 0.923. The van der Waals surface area contributed by atoms with Crippen LogP contribution in [0.25, 0.3) is 0 Å². The monoisotopic (exact) mass is 213 g/mol. The molecule has 3 atom stereocenters. The molecule has 0 spiro atoms. The number of aliphatic hydroxyl groups excluding tert-OH is 1. The lowest BCUT2D eigenvalue weighted by Crippen LogP contribution is -2.45. The molecule has 2 bridgehead atoms. The normalized spacial score (nSPS) is 46.9. The van der Waals surface area contributed by atoms with Gasteiger partial charge in [0.25, 0.3) is 0 Å². The quantitative estimate of drug-likeness (QED) is 0.451. The lowest BCUT2D eigenvalue weighted by molar-refractivity contribution is -0.145. The summed E-state index contributed by atoms with van der Waals surface area (Å²) in [5.41, 5.74) is 0.687. The van der Waals surface area contributed by atoms with Gasteiger partial charge in [0.2, 0.25) is 5.91 Å². The molecular formula is C11H19NO3. The zero-order valence-corrected chi connectivity index (χ0v) is 9.50. The summed E-state index contributed by atoms with van der Waals surface area (Å²) < 4.78 is 0. The molecule has 2 saturated carbocycles.